The fraction of sp³-hybridized carbons (Fsp3) is 0.400. The molecule has 0 fully saturated rings. The summed E-state index contributed by atoms with van der Waals surface area (Å²) in [6, 6.07) is 1.84. The maximum atomic E-state index is 8.76. The molecule has 0 amide bonds. The molecule has 0 saturated heterocycles. The standard InChI is InChI=1S/C10H14BrNO3/c1-6-7(5-12-13)10(15-3)9(14-2)4-8(6)11/h4,12-13H,5H2,1-3H3. The van der Waals surface area contributed by atoms with Crippen molar-refractivity contribution in [1.29, 1.82) is 0 Å². The quantitative estimate of drug-likeness (QED) is 0.828. The Labute approximate surface area is 97.3 Å². The molecule has 0 unspecified atom stereocenters. The number of hydrogen-bond acceptors (Lipinski definition) is 4. The summed E-state index contributed by atoms with van der Waals surface area (Å²) >= 11 is 3.43. The van der Waals surface area contributed by atoms with Crippen molar-refractivity contribution in [3.05, 3.63) is 21.7 Å². The first kappa shape index (κ1) is 12.3. The number of ether oxygens (including phenoxy) is 2. The summed E-state index contributed by atoms with van der Waals surface area (Å²) in [5, 5.41) is 8.76. The summed E-state index contributed by atoms with van der Waals surface area (Å²) in [5.74, 6) is 1.28. The SMILES string of the molecule is COc1cc(Br)c(C)c(CNO)c1OC. The lowest BCUT2D eigenvalue weighted by Gasteiger charge is -2.16. The van der Waals surface area contributed by atoms with Gasteiger partial charge in [0.1, 0.15) is 0 Å². The fourth-order valence-corrected chi connectivity index (χ4v) is 1.87. The zero-order chi connectivity index (χ0) is 11.4. The lowest BCUT2D eigenvalue weighted by molar-refractivity contribution is 0.159. The van der Waals surface area contributed by atoms with E-state index in [1.807, 2.05) is 13.0 Å². The number of halogens is 1. The van der Waals surface area contributed by atoms with Gasteiger partial charge in [-0.15, -0.1) is 0 Å². The average Bonchev–Trinajstić information content (AvgIpc) is 2.24. The van der Waals surface area contributed by atoms with E-state index in [2.05, 4.69) is 21.4 Å². The molecule has 0 aliphatic heterocycles. The number of hydroxylamine groups is 1. The highest BCUT2D eigenvalue weighted by Gasteiger charge is 2.15. The van der Waals surface area contributed by atoms with Crippen molar-refractivity contribution >= 4 is 15.9 Å². The van der Waals surface area contributed by atoms with E-state index >= 15 is 0 Å². The highest BCUT2D eigenvalue weighted by molar-refractivity contribution is 9.10. The lowest BCUT2D eigenvalue weighted by atomic mass is 10.1. The first-order valence-electron chi connectivity index (χ1n) is 4.42. The summed E-state index contributed by atoms with van der Waals surface area (Å²) in [7, 11) is 3.15. The highest BCUT2D eigenvalue weighted by atomic mass is 79.9. The Morgan fingerprint density at radius 3 is 2.53 bits per heavy atom. The second-order valence-corrected chi connectivity index (χ2v) is 3.89. The molecule has 4 nitrogen and oxygen atoms in total. The first-order valence-corrected chi connectivity index (χ1v) is 5.21. The molecule has 2 N–H and O–H groups in total. The molecule has 0 aliphatic carbocycles. The third-order valence-corrected chi connectivity index (χ3v) is 3.07. The topological polar surface area (TPSA) is 50.7 Å². The molecular weight excluding hydrogens is 262 g/mol. The van der Waals surface area contributed by atoms with Crippen molar-refractivity contribution in [2.75, 3.05) is 14.2 Å². The van der Waals surface area contributed by atoms with Gasteiger partial charge in [0.05, 0.1) is 14.2 Å². The Hall–Kier alpha value is -0.780. The zero-order valence-corrected chi connectivity index (χ0v) is 10.5. The van der Waals surface area contributed by atoms with Gasteiger partial charge in [-0.1, -0.05) is 15.9 Å². The maximum absolute atomic E-state index is 8.76. The molecule has 0 saturated carbocycles. The summed E-state index contributed by atoms with van der Waals surface area (Å²) < 4.78 is 11.4. The average molecular weight is 276 g/mol. The molecule has 1 rings (SSSR count). The second kappa shape index (κ2) is 5.34. The van der Waals surface area contributed by atoms with E-state index in [1.54, 1.807) is 14.2 Å². The second-order valence-electron chi connectivity index (χ2n) is 3.03. The van der Waals surface area contributed by atoms with Crippen LogP contribution in [0.2, 0.25) is 0 Å². The van der Waals surface area contributed by atoms with Gasteiger partial charge in [0.2, 0.25) is 0 Å². The van der Waals surface area contributed by atoms with Gasteiger partial charge in [0.25, 0.3) is 0 Å². The van der Waals surface area contributed by atoms with Crippen molar-refractivity contribution < 1.29 is 14.7 Å². The van der Waals surface area contributed by atoms with Crippen molar-refractivity contribution in [2.45, 2.75) is 13.5 Å². The van der Waals surface area contributed by atoms with E-state index in [4.69, 9.17) is 14.7 Å². The van der Waals surface area contributed by atoms with Crippen molar-refractivity contribution in [2.24, 2.45) is 0 Å². The van der Waals surface area contributed by atoms with E-state index < -0.39 is 0 Å². The largest absolute Gasteiger partial charge is 0.493 e. The van der Waals surface area contributed by atoms with Gasteiger partial charge in [-0.05, 0) is 18.6 Å². The van der Waals surface area contributed by atoms with Crippen LogP contribution in [0, 0.1) is 6.92 Å². The third-order valence-electron chi connectivity index (χ3n) is 2.25. The van der Waals surface area contributed by atoms with Gasteiger partial charge < -0.3 is 14.7 Å². The Balaban J connectivity index is 3.35. The molecule has 0 aromatic heterocycles. The highest BCUT2D eigenvalue weighted by Crippen LogP contribution is 2.37. The van der Waals surface area contributed by atoms with Crippen LogP contribution < -0.4 is 15.0 Å². The summed E-state index contributed by atoms with van der Waals surface area (Å²) in [6.45, 7) is 2.25. The normalized spacial score (nSPS) is 10.2. The lowest BCUT2D eigenvalue weighted by Crippen LogP contribution is -2.10. The number of hydrogen-bond donors (Lipinski definition) is 2. The van der Waals surface area contributed by atoms with Gasteiger partial charge in [-0.2, -0.15) is 0 Å². The van der Waals surface area contributed by atoms with Crippen molar-refractivity contribution in [3.8, 4) is 11.5 Å². The molecule has 1 aromatic carbocycles. The van der Waals surface area contributed by atoms with Crippen LogP contribution in [0.25, 0.3) is 0 Å². The summed E-state index contributed by atoms with van der Waals surface area (Å²) in [6.07, 6.45) is 0. The van der Waals surface area contributed by atoms with Crippen LogP contribution in [-0.4, -0.2) is 19.4 Å². The molecule has 0 spiro atoms. The Bertz CT molecular complexity index is 355. The minimum Gasteiger partial charge on any atom is -0.493 e. The monoisotopic (exact) mass is 275 g/mol. The molecule has 0 atom stereocenters. The number of nitrogens with one attached hydrogen (secondary N) is 1. The van der Waals surface area contributed by atoms with Crippen LogP contribution in [-0.2, 0) is 6.54 Å². The van der Waals surface area contributed by atoms with Crippen LogP contribution in [0.1, 0.15) is 11.1 Å². The van der Waals surface area contributed by atoms with Crippen LogP contribution in [0.4, 0.5) is 0 Å². The van der Waals surface area contributed by atoms with Crippen LogP contribution in [0.15, 0.2) is 10.5 Å². The molecule has 0 aliphatic rings. The third kappa shape index (κ3) is 2.42. The number of methoxy groups -OCH3 is 2. The maximum Gasteiger partial charge on any atom is 0.165 e. The Kier molecular flexibility index (Phi) is 4.38. The molecule has 1 aromatic rings. The minimum atomic E-state index is 0.310. The van der Waals surface area contributed by atoms with Gasteiger partial charge >= 0.3 is 0 Å². The Morgan fingerprint density at radius 2 is 2.07 bits per heavy atom. The summed E-state index contributed by atoms with van der Waals surface area (Å²) in [5.41, 5.74) is 4.00. The predicted molar refractivity (Wildman–Crippen MR) is 60.6 cm³/mol. The van der Waals surface area contributed by atoms with E-state index in [1.165, 1.54) is 0 Å². The minimum absolute atomic E-state index is 0.310. The molecule has 0 bridgehead atoms. The molecule has 0 radical (unpaired) electrons. The van der Waals surface area contributed by atoms with Crippen molar-refractivity contribution in [1.82, 2.24) is 5.48 Å². The van der Waals surface area contributed by atoms with E-state index in [-0.39, 0.29) is 0 Å². The fourth-order valence-electron chi connectivity index (χ4n) is 1.42. The smallest absolute Gasteiger partial charge is 0.165 e. The van der Waals surface area contributed by atoms with Crippen LogP contribution in [0.3, 0.4) is 0 Å². The van der Waals surface area contributed by atoms with Gasteiger partial charge in [0, 0.05) is 16.6 Å². The predicted octanol–water partition coefficient (Wildman–Crippen LogP) is 2.25. The van der Waals surface area contributed by atoms with Crippen LogP contribution >= 0.6 is 15.9 Å². The molecule has 0 heterocycles. The molecule has 84 valence electrons. The molecule has 5 heteroatoms. The van der Waals surface area contributed by atoms with Crippen LogP contribution in [0.5, 0.6) is 11.5 Å². The number of rotatable bonds is 4. The van der Waals surface area contributed by atoms with E-state index in [0.29, 0.717) is 18.0 Å². The van der Waals surface area contributed by atoms with Gasteiger partial charge in [-0.3, -0.25) is 0 Å². The van der Waals surface area contributed by atoms with E-state index in [9.17, 15) is 0 Å². The molecule has 15 heavy (non-hydrogen) atoms. The summed E-state index contributed by atoms with van der Waals surface area (Å²) in [4.78, 5) is 0. The van der Waals surface area contributed by atoms with Crippen molar-refractivity contribution in [3.63, 3.8) is 0 Å². The Morgan fingerprint density at radius 1 is 1.40 bits per heavy atom. The van der Waals surface area contributed by atoms with Gasteiger partial charge in [0.15, 0.2) is 11.5 Å². The first-order chi connectivity index (χ1) is 7.15. The van der Waals surface area contributed by atoms with E-state index in [0.717, 1.165) is 15.6 Å². The zero-order valence-electron chi connectivity index (χ0n) is 8.93. The molecular formula is C10H14BrNO3. The van der Waals surface area contributed by atoms with Gasteiger partial charge in [-0.25, -0.2) is 5.48 Å². The number of benzene rings is 1.